The number of likely N-dealkylation sites (tertiary alicyclic amines) is 1. The number of urea groups is 1. The minimum absolute atomic E-state index is 0.0256. The fourth-order valence-corrected chi connectivity index (χ4v) is 4.24. The fourth-order valence-electron chi connectivity index (χ4n) is 3.35. The standard InChI is InChI=1S/C21H18F3N5O2S/c1-11-4-5-13(9-15(11)23)26-21(31)29-8-2-3-17(29)19-27-28-20(32-19)18(30)25-12-6-7-14(22)16(24)10-12/h4-7,9-10,17H,2-3,8H2,1H3,(H,25,30)(H,26,31)/t17-/m1/s1. The van der Waals surface area contributed by atoms with Crippen LogP contribution in [-0.4, -0.2) is 33.6 Å². The van der Waals surface area contributed by atoms with Crippen molar-refractivity contribution in [3.8, 4) is 0 Å². The molecule has 2 N–H and O–H groups in total. The van der Waals surface area contributed by atoms with Crippen LogP contribution in [0.3, 0.4) is 0 Å². The van der Waals surface area contributed by atoms with E-state index < -0.39 is 29.4 Å². The van der Waals surface area contributed by atoms with Gasteiger partial charge in [0.2, 0.25) is 5.01 Å². The van der Waals surface area contributed by atoms with Crippen molar-refractivity contribution in [3.05, 3.63) is 69.4 Å². The van der Waals surface area contributed by atoms with E-state index in [0.29, 0.717) is 29.2 Å². The smallest absolute Gasteiger partial charge is 0.320 e. The van der Waals surface area contributed by atoms with Crippen LogP contribution in [-0.2, 0) is 0 Å². The SMILES string of the molecule is Cc1ccc(NC(=O)N2CCC[C@@H]2c2nnc(C(=O)Nc3ccc(F)c(F)c3)s2)cc1F. The van der Waals surface area contributed by atoms with Gasteiger partial charge in [-0.25, -0.2) is 18.0 Å². The summed E-state index contributed by atoms with van der Waals surface area (Å²) < 4.78 is 40.2. The predicted molar refractivity (Wildman–Crippen MR) is 113 cm³/mol. The van der Waals surface area contributed by atoms with Crippen molar-refractivity contribution in [2.75, 3.05) is 17.2 Å². The van der Waals surface area contributed by atoms with Gasteiger partial charge in [-0.05, 0) is 49.6 Å². The molecule has 1 atom stereocenters. The summed E-state index contributed by atoms with van der Waals surface area (Å²) in [6.07, 6.45) is 1.37. The summed E-state index contributed by atoms with van der Waals surface area (Å²) in [6.45, 7) is 2.11. The number of aromatic nitrogens is 2. The number of hydrogen-bond donors (Lipinski definition) is 2. The van der Waals surface area contributed by atoms with Crippen LogP contribution in [0.4, 0.5) is 29.3 Å². The molecule has 1 aromatic heterocycles. The molecule has 1 saturated heterocycles. The van der Waals surface area contributed by atoms with Gasteiger partial charge in [-0.3, -0.25) is 4.79 Å². The minimum Gasteiger partial charge on any atom is -0.320 e. The molecule has 0 bridgehead atoms. The topological polar surface area (TPSA) is 87.2 Å². The Kier molecular flexibility index (Phi) is 6.08. The normalized spacial score (nSPS) is 15.6. The van der Waals surface area contributed by atoms with Crippen LogP contribution >= 0.6 is 11.3 Å². The quantitative estimate of drug-likeness (QED) is 0.580. The largest absolute Gasteiger partial charge is 0.322 e. The highest BCUT2D eigenvalue weighted by Gasteiger charge is 2.33. The first-order valence-electron chi connectivity index (χ1n) is 9.75. The van der Waals surface area contributed by atoms with Gasteiger partial charge in [0.1, 0.15) is 10.8 Å². The number of carbonyl (C=O) groups excluding carboxylic acids is 2. The number of hydrogen-bond acceptors (Lipinski definition) is 5. The summed E-state index contributed by atoms with van der Waals surface area (Å²) in [6, 6.07) is 6.67. The second kappa shape index (κ2) is 8.95. The van der Waals surface area contributed by atoms with Gasteiger partial charge in [0, 0.05) is 24.0 Å². The number of nitrogens with one attached hydrogen (secondary N) is 2. The average Bonchev–Trinajstić information content (AvgIpc) is 3.43. The molecule has 166 valence electrons. The molecule has 11 heteroatoms. The lowest BCUT2D eigenvalue weighted by atomic mass is 10.2. The Bertz CT molecular complexity index is 1190. The van der Waals surface area contributed by atoms with Crippen LogP contribution in [0.15, 0.2) is 36.4 Å². The van der Waals surface area contributed by atoms with Gasteiger partial charge in [-0.1, -0.05) is 17.4 Å². The first-order valence-corrected chi connectivity index (χ1v) is 10.6. The molecule has 1 fully saturated rings. The van der Waals surface area contributed by atoms with Crippen LogP contribution in [0, 0.1) is 24.4 Å². The summed E-state index contributed by atoms with van der Waals surface area (Å²) in [5.74, 6) is -3.14. The number of amides is 3. The highest BCUT2D eigenvalue weighted by molar-refractivity contribution is 7.13. The Morgan fingerprint density at radius 2 is 1.72 bits per heavy atom. The molecule has 3 aromatic rings. The van der Waals surface area contributed by atoms with Crippen molar-refractivity contribution in [1.29, 1.82) is 0 Å². The second-order valence-corrected chi connectivity index (χ2v) is 8.28. The Balaban J connectivity index is 1.45. The van der Waals surface area contributed by atoms with Crippen molar-refractivity contribution in [2.24, 2.45) is 0 Å². The van der Waals surface area contributed by atoms with Crippen molar-refractivity contribution in [1.82, 2.24) is 15.1 Å². The number of halogens is 3. The molecule has 32 heavy (non-hydrogen) atoms. The van der Waals surface area contributed by atoms with E-state index in [1.807, 2.05) is 0 Å². The average molecular weight is 461 g/mol. The molecule has 0 radical (unpaired) electrons. The molecular formula is C21H18F3N5O2S. The lowest BCUT2D eigenvalue weighted by molar-refractivity contribution is 0.102. The van der Waals surface area contributed by atoms with Gasteiger partial charge in [0.05, 0.1) is 6.04 Å². The van der Waals surface area contributed by atoms with Gasteiger partial charge < -0.3 is 15.5 Å². The van der Waals surface area contributed by atoms with Crippen LogP contribution in [0.25, 0.3) is 0 Å². The fraction of sp³-hybridized carbons (Fsp3) is 0.238. The first kappa shape index (κ1) is 21.8. The van der Waals surface area contributed by atoms with Crippen molar-refractivity contribution >= 4 is 34.6 Å². The van der Waals surface area contributed by atoms with E-state index in [1.54, 1.807) is 24.0 Å². The third kappa shape index (κ3) is 4.57. The lowest BCUT2D eigenvalue weighted by Gasteiger charge is -2.23. The van der Waals surface area contributed by atoms with E-state index in [0.717, 1.165) is 29.9 Å². The van der Waals surface area contributed by atoms with Crippen LogP contribution in [0.5, 0.6) is 0 Å². The number of anilines is 2. The van der Waals surface area contributed by atoms with Crippen LogP contribution < -0.4 is 10.6 Å². The number of benzene rings is 2. The Morgan fingerprint density at radius 1 is 1.00 bits per heavy atom. The molecule has 0 spiro atoms. The zero-order valence-electron chi connectivity index (χ0n) is 16.9. The number of nitrogens with zero attached hydrogens (tertiary/aromatic N) is 3. The van der Waals surface area contributed by atoms with Gasteiger partial charge in [-0.15, -0.1) is 10.2 Å². The summed E-state index contributed by atoms with van der Waals surface area (Å²) in [5, 5.41) is 13.5. The Hall–Kier alpha value is -3.47. The number of aryl methyl sites for hydroxylation is 1. The predicted octanol–water partition coefficient (Wildman–Crippen LogP) is 4.89. The molecule has 1 aliphatic heterocycles. The van der Waals surface area contributed by atoms with E-state index in [-0.39, 0.29) is 16.7 Å². The van der Waals surface area contributed by atoms with E-state index in [9.17, 15) is 22.8 Å². The molecule has 2 heterocycles. The summed E-state index contributed by atoms with van der Waals surface area (Å²) in [4.78, 5) is 26.7. The maximum absolute atomic E-state index is 13.8. The van der Waals surface area contributed by atoms with E-state index in [4.69, 9.17) is 0 Å². The van der Waals surface area contributed by atoms with Gasteiger partial charge in [0.25, 0.3) is 5.91 Å². The monoisotopic (exact) mass is 461 g/mol. The summed E-state index contributed by atoms with van der Waals surface area (Å²) in [5.41, 5.74) is 0.899. The first-order chi connectivity index (χ1) is 15.3. The van der Waals surface area contributed by atoms with Crippen LogP contribution in [0.2, 0.25) is 0 Å². The number of carbonyl (C=O) groups is 2. The molecule has 3 amide bonds. The van der Waals surface area contributed by atoms with Gasteiger partial charge >= 0.3 is 6.03 Å². The minimum atomic E-state index is -1.08. The second-order valence-electron chi connectivity index (χ2n) is 7.27. The van der Waals surface area contributed by atoms with Crippen molar-refractivity contribution in [3.63, 3.8) is 0 Å². The highest BCUT2D eigenvalue weighted by Crippen LogP contribution is 2.34. The van der Waals surface area contributed by atoms with Gasteiger partial charge in [0.15, 0.2) is 11.6 Å². The Labute approximate surface area is 185 Å². The van der Waals surface area contributed by atoms with Gasteiger partial charge in [-0.2, -0.15) is 0 Å². The number of rotatable bonds is 4. The maximum atomic E-state index is 13.8. The van der Waals surface area contributed by atoms with E-state index in [1.165, 1.54) is 12.1 Å². The van der Waals surface area contributed by atoms with Crippen molar-refractivity contribution in [2.45, 2.75) is 25.8 Å². The zero-order valence-corrected chi connectivity index (χ0v) is 17.7. The van der Waals surface area contributed by atoms with E-state index in [2.05, 4.69) is 20.8 Å². The molecule has 0 unspecified atom stereocenters. The molecular weight excluding hydrogens is 443 g/mol. The molecule has 7 nitrogen and oxygen atoms in total. The molecule has 1 aliphatic rings. The third-order valence-corrected chi connectivity index (χ3v) is 6.06. The van der Waals surface area contributed by atoms with E-state index >= 15 is 0 Å². The summed E-state index contributed by atoms with van der Waals surface area (Å²) in [7, 11) is 0. The lowest BCUT2D eigenvalue weighted by Crippen LogP contribution is -2.34. The summed E-state index contributed by atoms with van der Waals surface area (Å²) >= 11 is 1.01. The molecule has 4 rings (SSSR count). The third-order valence-electron chi connectivity index (χ3n) is 5.03. The van der Waals surface area contributed by atoms with Crippen molar-refractivity contribution < 1.29 is 22.8 Å². The molecule has 0 saturated carbocycles. The Morgan fingerprint density at radius 3 is 2.47 bits per heavy atom. The zero-order chi connectivity index (χ0) is 22.8. The molecule has 2 aromatic carbocycles. The molecule has 0 aliphatic carbocycles. The highest BCUT2D eigenvalue weighted by atomic mass is 32.1. The maximum Gasteiger partial charge on any atom is 0.322 e. The van der Waals surface area contributed by atoms with Crippen LogP contribution in [0.1, 0.15) is 39.3 Å².